The van der Waals surface area contributed by atoms with E-state index >= 15 is 0 Å². The largest absolute Gasteiger partial charge is 0.370 e. The van der Waals surface area contributed by atoms with Crippen molar-refractivity contribution >= 4 is 29.9 Å². The van der Waals surface area contributed by atoms with Crippen LogP contribution in [-0.2, 0) is 5.41 Å². The molecule has 0 aromatic heterocycles. The third kappa shape index (κ3) is 4.79. The first-order valence-electron chi connectivity index (χ1n) is 7.07. The first-order chi connectivity index (χ1) is 9.57. The summed E-state index contributed by atoms with van der Waals surface area (Å²) >= 11 is 0. The topological polar surface area (TPSA) is 50.4 Å². The monoisotopic (exact) mass is 409 g/mol. The van der Waals surface area contributed by atoms with Crippen LogP contribution in [0.5, 0.6) is 0 Å². The van der Waals surface area contributed by atoms with Crippen LogP contribution in [0.1, 0.15) is 38.2 Å². The zero-order chi connectivity index (χ0) is 14.6. The zero-order valence-electron chi connectivity index (χ0n) is 12.2. The Bertz CT molecular complexity index is 502. The van der Waals surface area contributed by atoms with Crippen LogP contribution >= 0.6 is 24.0 Å². The maximum absolute atomic E-state index is 13.8. The van der Waals surface area contributed by atoms with E-state index in [9.17, 15) is 8.78 Å². The van der Waals surface area contributed by atoms with E-state index in [0.29, 0.717) is 18.1 Å². The van der Waals surface area contributed by atoms with Gasteiger partial charge in [-0.2, -0.15) is 0 Å². The smallest absolute Gasteiger partial charge is 0.188 e. The lowest BCUT2D eigenvalue weighted by molar-refractivity contribution is 0.549. The highest BCUT2D eigenvalue weighted by molar-refractivity contribution is 14.0. The fourth-order valence-corrected chi connectivity index (χ4v) is 2.27. The van der Waals surface area contributed by atoms with E-state index in [1.807, 2.05) is 0 Å². The number of unbranched alkanes of at least 4 members (excludes halogenated alkanes) is 1. The molecular formula is C15H22F2IN3. The summed E-state index contributed by atoms with van der Waals surface area (Å²) in [4.78, 5) is 4.29. The Kier molecular flexibility index (Phi) is 6.83. The number of halogens is 3. The van der Waals surface area contributed by atoms with Gasteiger partial charge in [0.25, 0.3) is 0 Å². The molecule has 0 amide bonds. The van der Waals surface area contributed by atoms with Crippen molar-refractivity contribution in [1.82, 2.24) is 5.32 Å². The van der Waals surface area contributed by atoms with Crippen molar-refractivity contribution in [3.8, 4) is 0 Å². The fourth-order valence-electron chi connectivity index (χ4n) is 2.27. The number of aliphatic imine (C=N–C) groups is 1. The molecule has 1 aliphatic rings. The summed E-state index contributed by atoms with van der Waals surface area (Å²) in [6.07, 6.45) is 3.85. The van der Waals surface area contributed by atoms with Gasteiger partial charge in [-0.3, -0.25) is 4.99 Å². The lowest BCUT2D eigenvalue weighted by Gasteiger charge is -2.15. The molecule has 3 N–H and O–H groups in total. The first kappa shape index (κ1) is 18.1. The number of hydrogen-bond acceptors (Lipinski definition) is 1. The first-order valence-corrected chi connectivity index (χ1v) is 7.07. The summed E-state index contributed by atoms with van der Waals surface area (Å²) in [7, 11) is 0. The number of benzene rings is 1. The maximum atomic E-state index is 13.8. The van der Waals surface area contributed by atoms with Crippen LogP contribution in [0.25, 0.3) is 0 Å². The number of hydrogen-bond donors (Lipinski definition) is 2. The van der Waals surface area contributed by atoms with Crippen molar-refractivity contribution in [2.45, 2.75) is 38.0 Å². The second kappa shape index (κ2) is 7.91. The molecule has 3 nitrogen and oxygen atoms in total. The van der Waals surface area contributed by atoms with Gasteiger partial charge in [-0.05, 0) is 30.9 Å². The van der Waals surface area contributed by atoms with Crippen LogP contribution in [0.2, 0.25) is 0 Å². The van der Waals surface area contributed by atoms with E-state index in [1.54, 1.807) is 0 Å². The van der Waals surface area contributed by atoms with Crippen LogP contribution in [-0.4, -0.2) is 19.0 Å². The van der Waals surface area contributed by atoms with Gasteiger partial charge < -0.3 is 11.1 Å². The van der Waals surface area contributed by atoms with E-state index in [-0.39, 0.29) is 29.4 Å². The maximum Gasteiger partial charge on any atom is 0.188 e. The average molecular weight is 409 g/mol. The predicted molar refractivity (Wildman–Crippen MR) is 92.1 cm³/mol. The number of nitrogens with zero attached hydrogens (tertiary/aromatic N) is 1. The van der Waals surface area contributed by atoms with Crippen molar-refractivity contribution < 1.29 is 8.78 Å². The number of nitrogens with two attached hydrogens (primary N) is 1. The van der Waals surface area contributed by atoms with Crippen LogP contribution in [0, 0.1) is 11.6 Å². The van der Waals surface area contributed by atoms with Gasteiger partial charge in [0.1, 0.15) is 11.6 Å². The highest BCUT2D eigenvalue weighted by atomic mass is 127. The third-order valence-electron chi connectivity index (χ3n) is 3.74. The van der Waals surface area contributed by atoms with Gasteiger partial charge in [-0.1, -0.05) is 19.4 Å². The number of nitrogens with one attached hydrogen (secondary N) is 1. The van der Waals surface area contributed by atoms with Gasteiger partial charge >= 0.3 is 0 Å². The van der Waals surface area contributed by atoms with Gasteiger partial charge in [0.15, 0.2) is 5.96 Å². The van der Waals surface area contributed by atoms with Crippen molar-refractivity contribution in [1.29, 1.82) is 0 Å². The Morgan fingerprint density at radius 2 is 2.10 bits per heavy atom. The Hall–Kier alpha value is -0.920. The van der Waals surface area contributed by atoms with Crippen molar-refractivity contribution in [2.24, 2.45) is 10.7 Å². The molecule has 0 saturated heterocycles. The molecule has 1 aliphatic carbocycles. The molecule has 0 radical (unpaired) electrons. The Morgan fingerprint density at radius 1 is 1.38 bits per heavy atom. The minimum Gasteiger partial charge on any atom is -0.370 e. The minimum atomic E-state index is -0.550. The Balaban J connectivity index is 0.00000220. The Labute approximate surface area is 141 Å². The molecule has 21 heavy (non-hydrogen) atoms. The van der Waals surface area contributed by atoms with Gasteiger partial charge in [0.05, 0.1) is 6.54 Å². The fraction of sp³-hybridized carbons (Fsp3) is 0.533. The van der Waals surface area contributed by atoms with Crippen molar-refractivity contribution in [3.05, 3.63) is 35.4 Å². The van der Waals surface area contributed by atoms with Gasteiger partial charge in [-0.15, -0.1) is 24.0 Å². The second-order valence-electron chi connectivity index (χ2n) is 5.39. The summed E-state index contributed by atoms with van der Waals surface area (Å²) in [6, 6.07) is 3.75. The molecule has 0 unspecified atom stereocenters. The molecule has 2 rings (SSSR count). The minimum absolute atomic E-state index is 0. The predicted octanol–water partition coefficient (Wildman–Crippen LogP) is 3.32. The molecule has 1 aromatic rings. The molecule has 0 atom stereocenters. The summed E-state index contributed by atoms with van der Waals surface area (Å²) in [5.41, 5.74) is 6.02. The highest BCUT2D eigenvalue weighted by Gasteiger charge is 2.45. The summed E-state index contributed by atoms with van der Waals surface area (Å²) in [6.45, 7) is 3.34. The summed E-state index contributed by atoms with van der Waals surface area (Å²) < 4.78 is 26.8. The summed E-state index contributed by atoms with van der Waals surface area (Å²) in [5.74, 6) is -0.645. The lowest BCUT2D eigenvalue weighted by Crippen LogP contribution is -2.33. The van der Waals surface area contributed by atoms with Crippen LogP contribution in [0.15, 0.2) is 23.2 Å². The van der Waals surface area contributed by atoms with Crippen molar-refractivity contribution in [2.75, 3.05) is 13.1 Å². The zero-order valence-corrected chi connectivity index (χ0v) is 14.5. The van der Waals surface area contributed by atoms with E-state index in [4.69, 9.17) is 5.73 Å². The average Bonchev–Trinajstić information content (AvgIpc) is 3.18. The SMILES string of the molecule is CCCCNC(N)=NCC1(c2ccc(F)cc2F)CC1.I. The molecular weight excluding hydrogens is 387 g/mol. The quantitative estimate of drug-likeness (QED) is 0.328. The molecule has 0 bridgehead atoms. The molecule has 1 fully saturated rings. The summed E-state index contributed by atoms with van der Waals surface area (Å²) in [5, 5.41) is 3.03. The van der Waals surface area contributed by atoms with Crippen LogP contribution in [0.4, 0.5) is 8.78 Å². The standard InChI is InChI=1S/C15H21F2N3.HI/c1-2-3-8-19-14(18)20-10-15(6-7-15)12-5-4-11(16)9-13(12)17;/h4-5,9H,2-3,6-8,10H2,1H3,(H3,18,19,20);1H. The molecule has 118 valence electrons. The normalized spacial score (nSPS) is 16.2. The van der Waals surface area contributed by atoms with Gasteiger partial charge in [0, 0.05) is 18.0 Å². The molecule has 1 aromatic carbocycles. The lowest BCUT2D eigenvalue weighted by atomic mass is 9.95. The van der Waals surface area contributed by atoms with Crippen LogP contribution in [0.3, 0.4) is 0 Å². The number of rotatable bonds is 6. The molecule has 1 saturated carbocycles. The third-order valence-corrected chi connectivity index (χ3v) is 3.74. The van der Waals surface area contributed by atoms with Crippen molar-refractivity contribution in [3.63, 3.8) is 0 Å². The van der Waals surface area contributed by atoms with E-state index < -0.39 is 11.6 Å². The van der Waals surface area contributed by atoms with E-state index in [0.717, 1.165) is 38.3 Å². The van der Waals surface area contributed by atoms with E-state index in [1.165, 1.54) is 12.1 Å². The van der Waals surface area contributed by atoms with E-state index in [2.05, 4.69) is 17.2 Å². The van der Waals surface area contributed by atoms with Gasteiger partial charge in [-0.25, -0.2) is 8.78 Å². The molecule has 0 heterocycles. The van der Waals surface area contributed by atoms with Crippen LogP contribution < -0.4 is 11.1 Å². The number of guanidine groups is 1. The highest BCUT2D eigenvalue weighted by Crippen LogP contribution is 2.49. The molecule has 6 heteroatoms. The molecule has 0 aliphatic heterocycles. The second-order valence-corrected chi connectivity index (χ2v) is 5.39. The molecule has 0 spiro atoms. The van der Waals surface area contributed by atoms with Gasteiger partial charge in [0.2, 0.25) is 0 Å². The Morgan fingerprint density at radius 3 is 2.67 bits per heavy atom.